The number of carbonyl (C=O) groups is 1. The number of hydrogen-bond donors (Lipinski definition) is 1. The van der Waals surface area contributed by atoms with Crippen LogP contribution in [0.4, 0.5) is 13.2 Å². The van der Waals surface area contributed by atoms with Gasteiger partial charge in [0.25, 0.3) is 0 Å². The van der Waals surface area contributed by atoms with E-state index in [1.54, 1.807) is 37.3 Å². The summed E-state index contributed by atoms with van der Waals surface area (Å²) in [7, 11) is -1.82. The minimum Gasteiger partial charge on any atom is -0.492 e. The Morgan fingerprint density at radius 3 is 2.46 bits per heavy atom. The second-order valence-electron chi connectivity index (χ2n) is 12.4. The Hall–Kier alpha value is -3.77. The molecule has 1 saturated heterocycles. The van der Waals surface area contributed by atoms with E-state index < -0.39 is 33.3 Å². The Bertz CT molecular complexity index is 1750. The highest BCUT2D eigenvalue weighted by atomic mass is 32.2. The van der Waals surface area contributed by atoms with Crippen molar-refractivity contribution >= 4 is 15.8 Å². The normalized spacial score (nSPS) is 21.2. The lowest BCUT2D eigenvalue weighted by atomic mass is 9.91. The lowest BCUT2D eigenvalue weighted by molar-refractivity contribution is -0.141. The summed E-state index contributed by atoms with van der Waals surface area (Å²) in [5.74, 6) is 0.784. The average Bonchev–Trinajstić information content (AvgIpc) is 3.60. The molecule has 2 aliphatic heterocycles. The zero-order valence-corrected chi connectivity index (χ0v) is 26.3. The molecule has 3 aliphatic rings. The third-order valence-electron chi connectivity index (χ3n) is 9.15. The van der Waals surface area contributed by atoms with Crippen molar-refractivity contribution in [3.8, 4) is 28.4 Å². The highest BCUT2D eigenvalue weighted by molar-refractivity contribution is 7.91. The van der Waals surface area contributed by atoms with E-state index >= 15 is 0 Å². The van der Waals surface area contributed by atoms with E-state index in [9.17, 15) is 31.5 Å². The van der Waals surface area contributed by atoms with Crippen molar-refractivity contribution in [2.75, 3.05) is 31.8 Å². The highest BCUT2D eigenvalue weighted by Crippen LogP contribution is 2.46. The van der Waals surface area contributed by atoms with E-state index in [4.69, 9.17) is 18.9 Å². The number of methoxy groups -OCH3 is 1. The van der Waals surface area contributed by atoms with Crippen LogP contribution in [-0.2, 0) is 32.0 Å². The molecule has 0 saturated carbocycles. The van der Waals surface area contributed by atoms with Gasteiger partial charge in [0.1, 0.15) is 35.6 Å². The SMILES string of the molecule is COC(=O)CC1COc2cc(OC3CCc4c(-c5ccc(OCC6(O)CCS(=O)(=O)CC6)cc5C)cc(C(F)(F)F)cc43)ccc21. The summed E-state index contributed by atoms with van der Waals surface area (Å²) in [5.41, 5.74) is 1.87. The highest BCUT2D eigenvalue weighted by Gasteiger charge is 2.38. The second-order valence-corrected chi connectivity index (χ2v) is 14.7. The number of hydrogen-bond acceptors (Lipinski definition) is 8. The zero-order chi connectivity index (χ0) is 32.9. The van der Waals surface area contributed by atoms with E-state index in [1.807, 2.05) is 6.07 Å². The largest absolute Gasteiger partial charge is 0.492 e. The van der Waals surface area contributed by atoms with Gasteiger partial charge in [-0.25, -0.2) is 8.42 Å². The van der Waals surface area contributed by atoms with Gasteiger partial charge in [0.05, 0.1) is 37.2 Å². The summed E-state index contributed by atoms with van der Waals surface area (Å²) in [5, 5.41) is 10.8. The minimum absolute atomic E-state index is 0.0837. The number of ether oxygens (including phenoxy) is 4. The van der Waals surface area contributed by atoms with Gasteiger partial charge in [-0.15, -0.1) is 0 Å². The van der Waals surface area contributed by atoms with Gasteiger partial charge < -0.3 is 24.1 Å². The molecule has 0 amide bonds. The summed E-state index contributed by atoms with van der Waals surface area (Å²) < 4.78 is 88.6. The Balaban J connectivity index is 1.24. The third kappa shape index (κ3) is 6.69. The maximum absolute atomic E-state index is 14.2. The number of esters is 1. The molecule has 0 radical (unpaired) electrons. The van der Waals surface area contributed by atoms with Gasteiger partial charge in [0, 0.05) is 17.5 Å². The first kappa shape index (κ1) is 32.2. The molecule has 3 aromatic rings. The molecule has 3 aromatic carbocycles. The molecule has 46 heavy (non-hydrogen) atoms. The van der Waals surface area contributed by atoms with Gasteiger partial charge in [0.15, 0.2) is 9.84 Å². The summed E-state index contributed by atoms with van der Waals surface area (Å²) in [4.78, 5) is 11.8. The smallest absolute Gasteiger partial charge is 0.416 e. The first-order valence-electron chi connectivity index (χ1n) is 15.1. The third-order valence-corrected chi connectivity index (χ3v) is 10.8. The first-order valence-corrected chi connectivity index (χ1v) is 17.0. The fourth-order valence-corrected chi connectivity index (χ4v) is 8.06. The first-order chi connectivity index (χ1) is 21.7. The van der Waals surface area contributed by atoms with Gasteiger partial charge in [0.2, 0.25) is 0 Å². The molecule has 1 fully saturated rings. The molecule has 1 aliphatic carbocycles. The van der Waals surface area contributed by atoms with Crippen LogP contribution in [0.15, 0.2) is 48.5 Å². The van der Waals surface area contributed by atoms with E-state index in [-0.39, 0.29) is 49.3 Å². The number of aliphatic hydroxyl groups is 1. The summed E-state index contributed by atoms with van der Waals surface area (Å²) in [6.45, 7) is 2.03. The van der Waals surface area contributed by atoms with Gasteiger partial charge in [-0.05, 0) is 90.8 Å². The molecule has 12 heteroatoms. The Morgan fingerprint density at radius 2 is 1.76 bits per heavy atom. The van der Waals surface area contributed by atoms with Crippen molar-refractivity contribution in [1.29, 1.82) is 0 Å². The van der Waals surface area contributed by atoms with Crippen LogP contribution in [0.2, 0.25) is 0 Å². The van der Waals surface area contributed by atoms with Gasteiger partial charge in [-0.2, -0.15) is 13.2 Å². The number of halogens is 3. The van der Waals surface area contributed by atoms with Crippen LogP contribution in [0.25, 0.3) is 11.1 Å². The predicted octanol–water partition coefficient (Wildman–Crippen LogP) is 6.10. The van der Waals surface area contributed by atoms with Crippen LogP contribution in [0.5, 0.6) is 17.2 Å². The quantitative estimate of drug-likeness (QED) is 0.289. The van der Waals surface area contributed by atoms with Gasteiger partial charge in [-0.1, -0.05) is 12.1 Å². The molecule has 2 heterocycles. The summed E-state index contributed by atoms with van der Waals surface area (Å²) in [6.07, 6.45) is -3.83. The van der Waals surface area contributed by atoms with Crippen molar-refractivity contribution in [1.82, 2.24) is 0 Å². The fraction of sp³-hybridized carbons (Fsp3) is 0.441. The standard InChI is InChI=1S/C34H35F3O8S/c1-20-13-23(44-19-33(39)9-11-46(40,41)12-10-33)3-5-25(20)28-15-22(34(35,36)37)16-29-27(28)7-8-30(29)45-24-4-6-26-21(14-32(38)42-2)18-43-31(26)17-24/h3-6,13,15-17,21,30,39H,7-12,14,18-19H2,1-2H3. The van der Waals surface area contributed by atoms with Crippen molar-refractivity contribution in [3.05, 3.63) is 76.3 Å². The molecule has 0 aromatic heterocycles. The second kappa shape index (κ2) is 12.1. The number of fused-ring (bicyclic) bond motifs is 2. The Kier molecular flexibility index (Phi) is 8.47. The molecule has 6 rings (SSSR count). The van der Waals surface area contributed by atoms with E-state index in [0.717, 1.165) is 11.1 Å². The molecule has 2 unspecified atom stereocenters. The van der Waals surface area contributed by atoms with E-state index in [2.05, 4.69) is 0 Å². The number of sulfone groups is 1. The lowest BCUT2D eigenvalue weighted by Gasteiger charge is -2.31. The average molecular weight is 661 g/mol. The Morgan fingerprint density at radius 1 is 1.02 bits per heavy atom. The fourth-order valence-electron chi connectivity index (χ4n) is 6.47. The lowest BCUT2D eigenvalue weighted by Crippen LogP contribution is -2.43. The molecule has 8 nitrogen and oxygen atoms in total. The molecule has 2 atom stereocenters. The monoisotopic (exact) mass is 660 g/mol. The molecular formula is C34H35F3O8S. The molecule has 1 N–H and O–H groups in total. The number of alkyl halides is 3. The Labute approximate surface area is 265 Å². The van der Waals surface area contributed by atoms with Crippen molar-refractivity contribution in [3.63, 3.8) is 0 Å². The molecular weight excluding hydrogens is 625 g/mol. The predicted molar refractivity (Wildman–Crippen MR) is 163 cm³/mol. The number of aryl methyl sites for hydroxylation is 1. The number of benzene rings is 3. The van der Waals surface area contributed by atoms with Crippen LogP contribution in [-0.4, -0.2) is 56.9 Å². The number of rotatable bonds is 8. The summed E-state index contributed by atoms with van der Waals surface area (Å²) in [6, 6.07) is 12.7. The number of carbonyl (C=O) groups excluding carboxylic acids is 1. The van der Waals surface area contributed by atoms with Gasteiger partial charge >= 0.3 is 12.1 Å². The summed E-state index contributed by atoms with van der Waals surface area (Å²) >= 11 is 0. The van der Waals surface area contributed by atoms with Crippen LogP contribution in [0.1, 0.15) is 65.5 Å². The van der Waals surface area contributed by atoms with E-state index in [0.29, 0.717) is 59.0 Å². The topological polar surface area (TPSA) is 108 Å². The molecule has 246 valence electrons. The van der Waals surface area contributed by atoms with Crippen LogP contribution >= 0.6 is 0 Å². The van der Waals surface area contributed by atoms with Crippen LogP contribution in [0, 0.1) is 6.92 Å². The zero-order valence-electron chi connectivity index (χ0n) is 25.5. The maximum Gasteiger partial charge on any atom is 0.416 e. The van der Waals surface area contributed by atoms with Gasteiger partial charge in [-0.3, -0.25) is 4.79 Å². The van der Waals surface area contributed by atoms with Crippen molar-refractivity contribution in [2.45, 2.75) is 62.8 Å². The van der Waals surface area contributed by atoms with Crippen molar-refractivity contribution in [2.24, 2.45) is 0 Å². The van der Waals surface area contributed by atoms with E-state index in [1.165, 1.54) is 19.2 Å². The van der Waals surface area contributed by atoms with Crippen molar-refractivity contribution < 1.29 is 50.4 Å². The van der Waals surface area contributed by atoms with Crippen LogP contribution < -0.4 is 14.2 Å². The van der Waals surface area contributed by atoms with Crippen LogP contribution in [0.3, 0.4) is 0 Å². The molecule has 0 bridgehead atoms. The minimum atomic E-state index is -4.58. The molecule has 0 spiro atoms. The maximum atomic E-state index is 14.2.